The highest BCUT2D eigenvalue weighted by Gasteiger charge is 2.33. The van der Waals surface area contributed by atoms with Gasteiger partial charge in [0.15, 0.2) is 0 Å². The Bertz CT molecular complexity index is 929. The minimum Gasteiger partial charge on any atom is -0.497 e. The molecule has 6 nitrogen and oxygen atoms in total. The second-order valence-corrected chi connectivity index (χ2v) is 9.61. The number of rotatable bonds is 3. The van der Waals surface area contributed by atoms with Gasteiger partial charge >= 0.3 is 0 Å². The molecule has 7 heteroatoms. The third-order valence-electron chi connectivity index (χ3n) is 5.37. The van der Waals surface area contributed by atoms with Crippen LogP contribution in [0.5, 0.6) is 5.75 Å². The SMILES string of the molecule is C=S1(=O)CCCN1C1CCCN(c2nc(C)nc3ccc(OC)cc23)C1. The van der Waals surface area contributed by atoms with Crippen LogP contribution in [0.3, 0.4) is 0 Å². The van der Waals surface area contributed by atoms with Gasteiger partial charge in [0.25, 0.3) is 0 Å². The van der Waals surface area contributed by atoms with Crippen molar-refractivity contribution in [3.05, 3.63) is 24.0 Å². The van der Waals surface area contributed by atoms with E-state index in [1.54, 1.807) is 7.11 Å². The molecule has 0 aliphatic carbocycles. The van der Waals surface area contributed by atoms with Crippen molar-refractivity contribution in [3.63, 3.8) is 0 Å². The second kappa shape index (κ2) is 6.70. The lowest BCUT2D eigenvalue weighted by Crippen LogP contribution is -2.48. The molecule has 3 heterocycles. The molecule has 2 saturated heterocycles. The van der Waals surface area contributed by atoms with Gasteiger partial charge in [-0.25, -0.2) is 14.3 Å². The molecule has 0 bridgehead atoms. The molecule has 2 aliphatic heterocycles. The normalized spacial score (nSPS) is 27.2. The number of aryl methyl sites for hydroxylation is 1. The highest BCUT2D eigenvalue weighted by Crippen LogP contribution is 2.31. The first-order valence-corrected chi connectivity index (χ1v) is 11.0. The lowest BCUT2D eigenvalue weighted by Gasteiger charge is -2.39. The van der Waals surface area contributed by atoms with Gasteiger partial charge in [-0.05, 0) is 50.3 Å². The lowest BCUT2D eigenvalue weighted by atomic mass is 10.0. The van der Waals surface area contributed by atoms with E-state index >= 15 is 0 Å². The first-order chi connectivity index (χ1) is 12.5. The van der Waals surface area contributed by atoms with Crippen molar-refractivity contribution < 1.29 is 8.95 Å². The van der Waals surface area contributed by atoms with Gasteiger partial charge in [0.05, 0.1) is 12.6 Å². The summed E-state index contributed by atoms with van der Waals surface area (Å²) in [5, 5.41) is 1.01. The Hall–Kier alpha value is -1.86. The zero-order valence-corrected chi connectivity index (χ0v) is 16.3. The second-order valence-electron chi connectivity index (χ2n) is 7.19. The molecule has 0 radical (unpaired) electrons. The average Bonchev–Trinajstić information content (AvgIpc) is 3.00. The van der Waals surface area contributed by atoms with E-state index in [4.69, 9.17) is 9.72 Å². The molecular formula is C19H26N4O2S. The van der Waals surface area contributed by atoms with Gasteiger partial charge in [0.2, 0.25) is 0 Å². The van der Waals surface area contributed by atoms with Crippen LogP contribution in [0.25, 0.3) is 10.9 Å². The van der Waals surface area contributed by atoms with Crippen LogP contribution in [-0.4, -0.2) is 62.9 Å². The predicted molar refractivity (Wildman–Crippen MR) is 108 cm³/mol. The van der Waals surface area contributed by atoms with Gasteiger partial charge in [-0.2, -0.15) is 0 Å². The maximum absolute atomic E-state index is 12.8. The maximum atomic E-state index is 12.8. The van der Waals surface area contributed by atoms with E-state index in [9.17, 15) is 4.21 Å². The Balaban J connectivity index is 1.70. The van der Waals surface area contributed by atoms with E-state index in [1.165, 1.54) is 0 Å². The van der Waals surface area contributed by atoms with Crippen molar-refractivity contribution in [2.24, 2.45) is 0 Å². The summed E-state index contributed by atoms with van der Waals surface area (Å²) in [6, 6.07) is 6.19. The molecule has 2 aromatic rings. The van der Waals surface area contributed by atoms with Crippen molar-refractivity contribution in [1.29, 1.82) is 0 Å². The summed E-state index contributed by atoms with van der Waals surface area (Å²) in [5.74, 6) is 7.24. The van der Waals surface area contributed by atoms with Crippen LogP contribution in [0, 0.1) is 6.92 Å². The van der Waals surface area contributed by atoms with Crippen LogP contribution in [0.1, 0.15) is 25.1 Å². The monoisotopic (exact) mass is 374 g/mol. The Kier molecular flexibility index (Phi) is 4.52. The van der Waals surface area contributed by atoms with Gasteiger partial charge in [-0.3, -0.25) is 4.21 Å². The number of ether oxygens (including phenoxy) is 1. The van der Waals surface area contributed by atoms with Gasteiger partial charge in [-0.1, -0.05) is 0 Å². The average molecular weight is 375 g/mol. The zero-order chi connectivity index (χ0) is 18.3. The van der Waals surface area contributed by atoms with E-state index in [0.29, 0.717) is 0 Å². The van der Waals surface area contributed by atoms with E-state index in [0.717, 1.165) is 72.9 Å². The molecule has 0 amide bonds. The van der Waals surface area contributed by atoms with Crippen LogP contribution in [0.4, 0.5) is 5.82 Å². The Morgan fingerprint density at radius 3 is 2.85 bits per heavy atom. The molecule has 0 spiro atoms. The Labute approximate surface area is 155 Å². The summed E-state index contributed by atoms with van der Waals surface area (Å²) in [6.07, 6.45) is 3.10. The number of hydrogen-bond acceptors (Lipinski definition) is 5. The number of piperidine rings is 1. The van der Waals surface area contributed by atoms with Gasteiger partial charge in [0, 0.05) is 46.5 Å². The highest BCUT2D eigenvalue weighted by molar-refractivity contribution is 7.98. The van der Waals surface area contributed by atoms with Crippen LogP contribution < -0.4 is 9.64 Å². The van der Waals surface area contributed by atoms with E-state index in [-0.39, 0.29) is 6.04 Å². The van der Waals surface area contributed by atoms with Gasteiger partial charge < -0.3 is 9.64 Å². The molecule has 0 saturated carbocycles. The van der Waals surface area contributed by atoms with Crippen molar-refractivity contribution in [2.75, 3.05) is 37.4 Å². The van der Waals surface area contributed by atoms with Crippen molar-refractivity contribution >= 4 is 32.3 Å². The molecule has 140 valence electrons. The summed E-state index contributed by atoms with van der Waals surface area (Å²) in [6.45, 7) is 4.59. The molecule has 0 N–H and O–H groups in total. The summed E-state index contributed by atoms with van der Waals surface area (Å²) < 4.78 is 20.3. The first-order valence-electron chi connectivity index (χ1n) is 9.17. The van der Waals surface area contributed by atoms with Crippen molar-refractivity contribution in [3.8, 4) is 5.75 Å². The summed E-state index contributed by atoms with van der Waals surface area (Å²) in [4.78, 5) is 11.6. The minimum absolute atomic E-state index is 0.271. The Morgan fingerprint density at radius 2 is 2.12 bits per heavy atom. The van der Waals surface area contributed by atoms with Gasteiger partial charge in [-0.15, -0.1) is 0 Å². The largest absolute Gasteiger partial charge is 0.497 e. The molecule has 2 atom stereocenters. The quantitative estimate of drug-likeness (QED) is 0.772. The fourth-order valence-corrected chi connectivity index (χ4v) is 6.13. The molecule has 2 fully saturated rings. The number of methoxy groups -OCH3 is 1. The summed E-state index contributed by atoms with van der Waals surface area (Å²) >= 11 is 0. The number of aromatic nitrogens is 2. The molecule has 2 unspecified atom stereocenters. The number of anilines is 1. The third kappa shape index (κ3) is 3.14. The number of benzene rings is 1. The molecule has 1 aromatic carbocycles. The first kappa shape index (κ1) is 17.5. The van der Waals surface area contributed by atoms with Crippen LogP contribution in [-0.2, 0) is 9.71 Å². The molecule has 26 heavy (non-hydrogen) atoms. The minimum atomic E-state index is -2.10. The highest BCUT2D eigenvalue weighted by atomic mass is 32.2. The standard InChI is InChI=1S/C19H26N4O2S/c1-14-20-18-8-7-16(25-2)12-17(18)19(21-14)22-9-4-6-15(13-22)23-10-5-11-26(23,3)24/h7-8,12,15H,3-6,9-11,13H2,1-2H3. The smallest absolute Gasteiger partial charge is 0.140 e. The maximum Gasteiger partial charge on any atom is 0.140 e. The fraction of sp³-hybridized carbons (Fsp3) is 0.526. The van der Waals surface area contributed by atoms with Crippen LogP contribution >= 0.6 is 0 Å². The fourth-order valence-electron chi connectivity index (χ4n) is 4.14. The number of hydrogen-bond donors (Lipinski definition) is 0. The zero-order valence-electron chi connectivity index (χ0n) is 15.5. The molecule has 2 aliphatic rings. The van der Waals surface area contributed by atoms with E-state index in [1.807, 2.05) is 25.1 Å². The molecule has 4 rings (SSSR count). The lowest BCUT2D eigenvalue weighted by molar-refractivity contribution is 0.308. The molecular weight excluding hydrogens is 348 g/mol. The predicted octanol–water partition coefficient (Wildman–Crippen LogP) is 2.25. The van der Waals surface area contributed by atoms with E-state index < -0.39 is 9.71 Å². The van der Waals surface area contributed by atoms with Crippen molar-refractivity contribution in [1.82, 2.24) is 14.3 Å². The van der Waals surface area contributed by atoms with Crippen LogP contribution in [0.15, 0.2) is 18.2 Å². The number of nitrogens with zero attached hydrogens (tertiary/aromatic N) is 4. The third-order valence-corrected chi connectivity index (χ3v) is 7.63. The summed E-state index contributed by atoms with van der Waals surface area (Å²) in [5.41, 5.74) is 0.928. The topological polar surface area (TPSA) is 58.6 Å². The summed E-state index contributed by atoms with van der Waals surface area (Å²) in [7, 11) is -0.428. The molecule has 1 aromatic heterocycles. The number of fused-ring (bicyclic) bond motifs is 1. The van der Waals surface area contributed by atoms with Crippen LogP contribution in [0.2, 0.25) is 0 Å². The van der Waals surface area contributed by atoms with Gasteiger partial charge in [0.1, 0.15) is 17.4 Å². The van der Waals surface area contributed by atoms with E-state index in [2.05, 4.69) is 20.1 Å². The van der Waals surface area contributed by atoms with Crippen molar-refractivity contribution in [2.45, 2.75) is 32.2 Å². The Morgan fingerprint density at radius 1 is 1.27 bits per heavy atom.